The van der Waals surface area contributed by atoms with Crippen molar-refractivity contribution in [2.24, 2.45) is 0 Å². The van der Waals surface area contributed by atoms with Gasteiger partial charge in [0.15, 0.2) is 0 Å². The zero-order valence-electron chi connectivity index (χ0n) is 9.44. The summed E-state index contributed by atoms with van der Waals surface area (Å²) in [7, 11) is 0. The fourth-order valence-corrected chi connectivity index (χ4v) is 1.94. The molecule has 0 spiro atoms. The van der Waals surface area contributed by atoms with Crippen molar-refractivity contribution in [2.45, 2.75) is 25.1 Å². The van der Waals surface area contributed by atoms with Gasteiger partial charge in [0.2, 0.25) is 5.91 Å². The molecule has 6 heteroatoms. The topological polar surface area (TPSA) is 40.5 Å². The van der Waals surface area contributed by atoms with Crippen molar-refractivity contribution in [1.29, 1.82) is 0 Å². The molecule has 0 aliphatic carbocycles. The molecule has 1 aliphatic rings. The number of benzene rings is 1. The number of rotatable bonds is 1. The number of amides is 1. The van der Waals surface area contributed by atoms with Gasteiger partial charge in [-0.1, -0.05) is 6.07 Å². The Morgan fingerprint density at radius 3 is 2.67 bits per heavy atom. The first-order valence-corrected chi connectivity index (χ1v) is 5.53. The van der Waals surface area contributed by atoms with Crippen LogP contribution in [-0.2, 0) is 11.0 Å². The van der Waals surface area contributed by atoms with E-state index >= 15 is 0 Å². The highest BCUT2D eigenvalue weighted by Crippen LogP contribution is 2.32. The van der Waals surface area contributed by atoms with Crippen LogP contribution >= 0.6 is 0 Å². The number of hydrogen-bond donors (Lipinski definition) is 1. The van der Waals surface area contributed by atoms with Crippen molar-refractivity contribution in [3.05, 3.63) is 29.8 Å². The van der Waals surface area contributed by atoms with Crippen LogP contribution in [0.3, 0.4) is 0 Å². The lowest BCUT2D eigenvalue weighted by Crippen LogP contribution is -2.40. The molecule has 0 saturated carbocycles. The zero-order valence-corrected chi connectivity index (χ0v) is 9.44. The summed E-state index contributed by atoms with van der Waals surface area (Å²) in [6.45, 7) is 0.237. The van der Waals surface area contributed by atoms with Crippen LogP contribution in [0.25, 0.3) is 0 Å². The molecule has 0 bridgehead atoms. The molecule has 1 unspecified atom stereocenters. The summed E-state index contributed by atoms with van der Waals surface area (Å²) >= 11 is 0. The summed E-state index contributed by atoms with van der Waals surface area (Å²) in [5.74, 6) is -0.354. The molecule has 1 fully saturated rings. The number of anilines is 1. The Morgan fingerprint density at radius 2 is 2.06 bits per heavy atom. The molecule has 1 N–H and O–H groups in total. The molecule has 1 amide bonds. The first-order valence-electron chi connectivity index (χ1n) is 5.53. The van der Waals surface area contributed by atoms with E-state index in [2.05, 4.69) is 0 Å². The lowest BCUT2D eigenvalue weighted by molar-refractivity contribution is -0.137. The number of hydrogen-bond acceptors (Lipinski definition) is 2. The van der Waals surface area contributed by atoms with E-state index in [1.807, 2.05) is 0 Å². The molecule has 1 aromatic rings. The highest BCUT2D eigenvalue weighted by Gasteiger charge is 2.32. The fraction of sp³-hybridized carbons (Fsp3) is 0.417. The van der Waals surface area contributed by atoms with Crippen LogP contribution in [0.5, 0.6) is 0 Å². The minimum atomic E-state index is -4.42. The molecule has 0 radical (unpaired) electrons. The van der Waals surface area contributed by atoms with E-state index in [0.717, 1.165) is 12.1 Å². The molecule has 1 atom stereocenters. The van der Waals surface area contributed by atoms with Crippen LogP contribution in [0, 0.1) is 0 Å². The summed E-state index contributed by atoms with van der Waals surface area (Å²) in [5, 5.41) is 9.30. The van der Waals surface area contributed by atoms with Crippen molar-refractivity contribution >= 4 is 11.6 Å². The molecule has 98 valence electrons. The summed E-state index contributed by atoms with van der Waals surface area (Å²) in [4.78, 5) is 12.9. The van der Waals surface area contributed by atoms with Gasteiger partial charge in [-0.15, -0.1) is 0 Å². The summed E-state index contributed by atoms with van der Waals surface area (Å²) in [6, 6.07) is 4.66. The van der Waals surface area contributed by atoms with Gasteiger partial charge in [0.1, 0.15) is 0 Å². The van der Waals surface area contributed by atoms with Gasteiger partial charge >= 0.3 is 6.18 Å². The standard InChI is InChI=1S/C12H12F3NO2/c13-12(14,15)8-2-1-3-9(6-8)16-5-4-10(17)7-11(16)18/h1-3,6,10,17H,4-5,7H2. The lowest BCUT2D eigenvalue weighted by Gasteiger charge is -2.29. The molecule has 1 saturated heterocycles. The monoisotopic (exact) mass is 259 g/mol. The Bertz CT molecular complexity index is 459. The average Bonchev–Trinajstić information content (AvgIpc) is 2.28. The maximum atomic E-state index is 12.6. The second-order valence-corrected chi connectivity index (χ2v) is 4.24. The summed E-state index contributed by atoms with van der Waals surface area (Å²) in [6.07, 6.45) is -4.79. The van der Waals surface area contributed by atoms with Crippen LogP contribution in [0.2, 0.25) is 0 Å². The predicted octanol–water partition coefficient (Wildman–Crippen LogP) is 2.19. The van der Waals surface area contributed by atoms with Crippen molar-refractivity contribution in [1.82, 2.24) is 0 Å². The van der Waals surface area contributed by atoms with E-state index in [1.54, 1.807) is 0 Å². The van der Waals surface area contributed by atoms with E-state index in [9.17, 15) is 23.1 Å². The number of carbonyl (C=O) groups excluding carboxylic acids is 1. The van der Waals surface area contributed by atoms with Crippen LogP contribution in [0.1, 0.15) is 18.4 Å². The summed E-state index contributed by atoms with van der Waals surface area (Å²) < 4.78 is 37.7. The largest absolute Gasteiger partial charge is 0.416 e. The van der Waals surface area contributed by atoms with E-state index in [-0.39, 0.29) is 24.6 Å². The molecule has 3 nitrogen and oxygen atoms in total. The normalized spacial score (nSPS) is 21.2. The predicted molar refractivity (Wildman–Crippen MR) is 59.0 cm³/mol. The third-order valence-electron chi connectivity index (χ3n) is 2.88. The molecule has 1 heterocycles. The first kappa shape index (κ1) is 12.9. The Labute approximate surface area is 102 Å². The third-order valence-corrected chi connectivity index (χ3v) is 2.88. The fourth-order valence-electron chi connectivity index (χ4n) is 1.94. The third kappa shape index (κ3) is 2.64. The van der Waals surface area contributed by atoms with Crippen LogP contribution < -0.4 is 4.90 Å². The van der Waals surface area contributed by atoms with Crippen molar-refractivity contribution in [3.8, 4) is 0 Å². The maximum Gasteiger partial charge on any atom is 0.416 e. The second-order valence-electron chi connectivity index (χ2n) is 4.24. The molecular formula is C12H12F3NO2. The molecule has 1 aliphatic heterocycles. The molecule has 1 aromatic carbocycles. The first-order chi connectivity index (χ1) is 8.38. The molecule has 18 heavy (non-hydrogen) atoms. The Morgan fingerprint density at radius 1 is 1.33 bits per heavy atom. The number of aliphatic hydroxyl groups is 1. The van der Waals surface area contributed by atoms with Crippen molar-refractivity contribution in [3.63, 3.8) is 0 Å². The minimum Gasteiger partial charge on any atom is -0.393 e. The van der Waals surface area contributed by atoms with Crippen LogP contribution in [-0.4, -0.2) is 23.7 Å². The van der Waals surface area contributed by atoms with Gasteiger partial charge in [0.25, 0.3) is 0 Å². The maximum absolute atomic E-state index is 12.6. The van der Waals surface area contributed by atoms with E-state index in [1.165, 1.54) is 17.0 Å². The molecular weight excluding hydrogens is 247 g/mol. The smallest absolute Gasteiger partial charge is 0.393 e. The highest BCUT2D eigenvalue weighted by atomic mass is 19.4. The van der Waals surface area contributed by atoms with Gasteiger partial charge in [-0.25, -0.2) is 0 Å². The Balaban J connectivity index is 2.26. The van der Waals surface area contributed by atoms with Gasteiger partial charge in [-0.3, -0.25) is 4.79 Å². The second kappa shape index (κ2) is 4.61. The Hall–Kier alpha value is -1.56. The van der Waals surface area contributed by atoms with Gasteiger partial charge in [0.05, 0.1) is 18.1 Å². The van der Waals surface area contributed by atoms with Gasteiger partial charge < -0.3 is 10.0 Å². The average molecular weight is 259 g/mol. The quantitative estimate of drug-likeness (QED) is 0.839. The van der Waals surface area contributed by atoms with Crippen molar-refractivity contribution in [2.75, 3.05) is 11.4 Å². The van der Waals surface area contributed by atoms with Crippen LogP contribution in [0.15, 0.2) is 24.3 Å². The number of carbonyl (C=O) groups is 1. The summed E-state index contributed by atoms with van der Waals surface area (Å²) in [5.41, 5.74) is -0.555. The van der Waals surface area contributed by atoms with Crippen molar-refractivity contribution < 1.29 is 23.1 Å². The number of alkyl halides is 3. The number of halogens is 3. The SMILES string of the molecule is O=C1CC(O)CCN1c1cccc(C(F)(F)F)c1. The zero-order chi connectivity index (χ0) is 13.3. The van der Waals surface area contributed by atoms with Crippen LogP contribution in [0.4, 0.5) is 18.9 Å². The van der Waals surface area contributed by atoms with Gasteiger partial charge in [-0.2, -0.15) is 13.2 Å². The number of piperidine rings is 1. The minimum absolute atomic E-state index is 0.0454. The number of aliphatic hydroxyl groups excluding tert-OH is 1. The van der Waals surface area contributed by atoms with Gasteiger partial charge in [0, 0.05) is 12.2 Å². The molecule has 0 aromatic heterocycles. The van der Waals surface area contributed by atoms with Gasteiger partial charge in [-0.05, 0) is 24.6 Å². The lowest BCUT2D eigenvalue weighted by atomic mass is 10.1. The molecule has 2 rings (SSSR count). The van der Waals surface area contributed by atoms with E-state index < -0.39 is 17.8 Å². The Kier molecular flexibility index (Phi) is 3.30. The van der Waals surface area contributed by atoms with E-state index in [0.29, 0.717) is 6.42 Å². The highest BCUT2D eigenvalue weighted by molar-refractivity contribution is 5.94. The van der Waals surface area contributed by atoms with E-state index in [4.69, 9.17) is 0 Å². The number of nitrogens with zero attached hydrogens (tertiary/aromatic N) is 1.